The average Bonchev–Trinajstić information content (AvgIpc) is 3.05. The second-order valence-corrected chi connectivity index (χ2v) is 8.09. The van der Waals surface area contributed by atoms with E-state index in [2.05, 4.69) is 65.2 Å². The van der Waals surface area contributed by atoms with Crippen molar-refractivity contribution in [3.63, 3.8) is 0 Å². The van der Waals surface area contributed by atoms with Gasteiger partial charge < -0.3 is 4.55 Å². The van der Waals surface area contributed by atoms with E-state index in [0.29, 0.717) is 0 Å². The van der Waals surface area contributed by atoms with Crippen LogP contribution in [0.3, 0.4) is 0 Å². The summed E-state index contributed by atoms with van der Waals surface area (Å²) in [5.41, 5.74) is 5.18. The van der Waals surface area contributed by atoms with Crippen LogP contribution in [0.2, 0.25) is 0 Å². The normalized spacial score (nSPS) is 11.5. The van der Waals surface area contributed by atoms with Gasteiger partial charge in [0.05, 0.1) is 5.38 Å². The van der Waals surface area contributed by atoms with Gasteiger partial charge in [0.25, 0.3) is 0 Å². The molecule has 2 aromatic heterocycles. The van der Waals surface area contributed by atoms with Crippen molar-refractivity contribution in [2.45, 2.75) is 6.92 Å². The Morgan fingerprint density at radius 1 is 1.08 bits per heavy atom. The van der Waals surface area contributed by atoms with Crippen molar-refractivity contribution in [1.29, 1.82) is 0 Å². The maximum Gasteiger partial charge on any atom is 0.326 e. The molecule has 4 aromatic rings. The van der Waals surface area contributed by atoms with E-state index in [4.69, 9.17) is 17.5 Å². The van der Waals surface area contributed by atoms with Gasteiger partial charge in [-0.25, -0.2) is 8.42 Å². The molecule has 0 radical (unpaired) electrons. The Morgan fingerprint density at radius 3 is 2.38 bits per heavy atom. The van der Waals surface area contributed by atoms with Crippen LogP contribution in [0, 0.1) is 6.92 Å². The van der Waals surface area contributed by atoms with E-state index in [9.17, 15) is 0 Å². The van der Waals surface area contributed by atoms with Gasteiger partial charge >= 0.3 is 4.14 Å². The average molecular weight is 379 g/mol. The van der Waals surface area contributed by atoms with Gasteiger partial charge in [0.1, 0.15) is 4.70 Å². The summed E-state index contributed by atoms with van der Waals surface area (Å²) >= 11 is 3.68. The molecule has 0 amide bonds. The van der Waals surface area contributed by atoms with Gasteiger partial charge in [-0.15, -0.1) is 4.40 Å². The van der Waals surface area contributed by atoms with Crippen molar-refractivity contribution >= 4 is 47.4 Å². The lowest BCUT2D eigenvalue weighted by Gasteiger charge is -1.95. The number of rotatable bonds is 1. The van der Waals surface area contributed by atoms with Crippen molar-refractivity contribution in [2.24, 2.45) is 0 Å². The monoisotopic (exact) mass is 379 g/mol. The van der Waals surface area contributed by atoms with E-state index < -0.39 is 10.4 Å². The van der Waals surface area contributed by atoms with Gasteiger partial charge in [0.2, 0.25) is 21.6 Å². The fourth-order valence-corrected chi connectivity index (χ4v) is 4.60. The van der Waals surface area contributed by atoms with E-state index in [-0.39, 0.29) is 0 Å². The van der Waals surface area contributed by atoms with Gasteiger partial charge in [0, 0.05) is 11.6 Å². The van der Waals surface area contributed by atoms with E-state index in [1.807, 2.05) is 22.7 Å². The van der Waals surface area contributed by atoms with E-state index in [0.717, 1.165) is 0 Å². The summed E-state index contributed by atoms with van der Waals surface area (Å²) in [6.45, 7) is 2.13. The largest absolute Gasteiger partial charge is 0.726 e. The van der Waals surface area contributed by atoms with Crippen LogP contribution < -0.4 is 4.40 Å². The molecule has 8 heteroatoms. The molecule has 0 aliphatic carbocycles. The molecule has 0 aliphatic heterocycles. The first-order valence-electron chi connectivity index (χ1n) is 6.89. The molecule has 4 rings (SSSR count). The standard InChI is InChI=1S/C16H12NS2.H2O4S/c1-11-6-8-12(9-7-11)14-10-18-16-17(14)13-4-2-3-5-15(13)19-16;1-5(2,3)4/h2-10H,1H3;(H2,1,2,3,4)/q+1;/p-1. The fraction of sp³-hybridized carbons (Fsp3) is 0.0625. The topological polar surface area (TPSA) is 81.5 Å². The second kappa shape index (κ2) is 6.58. The zero-order valence-corrected chi connectivity index (χ0v) is 15.0. The number of nitrogens with zero attached hydrogens (tertiary/aromatic N) is 1. The Bertz CT molecular complexity index is 1090. The molecule has 24 heavy (non-hydrogen) atoms. The van der Waals surface area contributed by atoms with Crippen LogP contribution in [-0.4, -0.2) is 17.5 Å². The third-order valence-corrected chi connectivity index (χ3v) is 5.53. The van der Waals surface area contributed by atoms with Crippen molar-refractivity contribution in [2.75, 3.05) is 0 Å². The molecule has 0 spiro atoms. The van der Waals surface area contributed by atoms with E-state index in [1.165, 1.54) is 31.2 Å². The van der Waals surface area contributed by atoms with Crippen molar-refractivity contribution in [1.82, 2.24) is 0 Å². The van der Waals surface area contributed by atoms with Crippen molar-refractivity contribution < 1.29 is 21.9 Å². The number of aromatic nitrogens is 1. The van der Waals surface area contributed by atoms with E-state index in [1.54, 1.807) is 0 Å². The molecular formula is C16H13NO4S3. The number of hydrogen-bond acceptors (Lipinski definition) is 5. The van der Waals surface area contributed by atoms with E-state index >= 15 is 0 Å². The highest BCUT2D eigenvalue weighted by atomic mass is 32.3. The molecular weight excluding hydrogens is 366 g/mol. The summed E-state index contributed by atoms with van der Waals surface area (Å²) in [6.07, 6.45) is 0. The third kappa shape index (κ3) is 3.80. The molecule has 0 unspecified atom stereocenters. The predicted molar refractivity (Wildman–Crippen MR) is 95.4 cm³/mol. The number of benzene rings is 2. The van der Waals surface area contributed by atoms with Gasteiger partial charge in [0.15, 0.2) is 0 Å². The summed E-state index contributed by atoms with van der Waals surface area (Å²) in [7, 11) is -4.92. The van der Waals surface area contributed by atoms with Gasteiger partial charge in [-0.2, -0.15) is 0 Å². The lowest BCUT2D eigenvalue weighted by molar-refractivity contribution is -0.460. The zero-order valence-electron chi connectivity index (χ0n) is 12.5. The van der Waals surface area contributed by atoms with Crippen LogP contribution in [0.4, 0.5) is 0 Å². The molecule has 0 saturated heterocycles. The molecule has 2 heterocycles. The van der Waals surface area contributed by atoms with Gasteiger partial charge in [-0.05, 0) is 25.1 Å². The van der Waals surface area contributed by atoms with Gasteiger partial charge in [-0.3, -0.25) is 4.55 Å². The molecule has 124 valence electrons. The maximum atomic E-state index is 8.63. The maximum absolute atomic E-state index is 8.63. The smallest absolute Gasteiger partial charge is 0.326 e. The first kappa shape index (κ1) is 17.0. The third-order valence-electron chi connectivity index (χ3n) is 3.35. The van der Waals surface area contributed by atoms with Crippen molar-refractivity contribution in [3.05, 3.63) is 59.5 Å². The summed E-state index contributed by atoms with van der Waals surface area (Å²) in [4.78, 5) is 0. The minimum absolute atomic E-state index is 1.28. The minimum Gasteiger partial charge on any atom is -0.726 e. The number of hydrogen-bond donors (Lipinski definition) is 1. The number of aryl methyl sites for hydroxylation is 1. The molecule has 0 bridgehead atoms. The zero-order chi connectivity index (χ0) is 17.3. The summed E-state index contributed by atoms with van der Waals surface area (Å²) in [5.74, 6) is 0. The Morgan fingerprint density at radius 2 is 1.71 bits per heavy atom. The Balaban J connectivity index is 0.000000300. The molecule has 0 atom stereocenters. The molecule has 0 fully saturated rings. The lowest BCUT2D eigenvalue weighted by Crippen LogP contribution is -2.18. The molecule has 0 aliphatic rings. The van der Waals surface area contributed by atoms with Crippen LogP contribution in [0.25, 0.3) is 25.6 Å². The van der Waals surface area contributed by atoms with Crippen molar-refractivity contribution in [3.8, 4) is 11.3 Å². The minimum atomic E-state index is -4.92. The van der Waals surface area contributed by atoms with Crippen LogP contribution in [0.1, 0.15) is 5.56 Å². The Kier molecular flexibility index (Phi) is 4.66. The lowest BCUT2D eigenvalue weighted by atomic mass is 10.1. The molecule has 0 saturated carbocycles. The second-order valence-electron chi connectivity index (χ2n) is 5.09. The molecule has 1 N–H and O–H groups in total. The van der Waals surface area contributed by atoms with Crippen LogP contribution in [0.5, 0.6) is 0 Å². The van der Waals surface area contributed by atoms with Crippen LogP contribution >= 0.6 is 22.7 Å². The highest BCUT2D eigenvalue weighted by Crippen LogP contribution is 2.29. The summed E-state index contributed by atoms with van der Waals surface area (Å²) in [6, 6.07) is 17.4. The summed E-state index contributed by atoms with van der Waals surface area (Å²) < 4.78 is 37.9. The van der Waals surface area contributed by atoms with Crippen LogP contribution in [-0.2, 0) is 10.4 Å². The predicted octanol–water partition coefficient (Wildman–Crippen LogP) is 3.68. The number of para-hydroxylation sites is 1. The SMILES string of the molecule is Cc1ccc(-c2csc3sc4ccccc4[n+]23)cc1.O=S(=O)([O-])O. The quantitative estimate of drug-likeness (QED) is 0.311. The Labute approximate surface area is 147 Å². The van der Waals surface area contributed by atoms with Gasteiger partial charge in [-0.1, -0.05) is 52.5 Å². The highest BCUT2D eigenvalue weighted by Gasteiger charge is 2.21. The highest BCUT2D eigenvalue weighted by molar-refractivity contribution is 7.79. The molecule has 2 aromatic carbocycles. The fourth-order valence-electron chi connectivity index (χ4n) is 2.35. The number of fused-ring (bicyclic) bond motifs is 3. The first-order chi connectivity index (χ1) is 11.3. The first-order valence-corrected chi connectivity index (χ1v) is 9.95. The molecule has 5 nitrogen and oxygen atoms in total. The Hall–Kier alpha value is -1.84. The summed E-state index contributed by atoms with van der Waals surface area (Å²) in [5, 5.41) is 2.25. The number of thiazole rings is 2. The van der Waals surface area contributed by atoms with Crippen LogP contribution in [0.15, 0.2) is 53.9 Å².